The molecule has 1 aliphatic rings. The van der Waals surface area contributed by atoms with Crippen LogP contribution in [0.2, 0.25) is 0 Å². The van der Waals surface area contributed by atoms with Gasteiger partial charge in [-0.2, -0.15) is 4.72 Å². The molecule has 7 nitrogen and oxygen atoms in total. The molecule has 138 valence electrons. The Morgan fingerprint density at radius 1 is 1.12 bits per heavy atom. The lowest BCUT2D eigenvalue weighted by atomic mass is 9.95. The minimum absolute atomic E-state index is 0.0194. The van der Waals surface area contributed by atoms with E-state index < -0.39 is 27.5 Å². The number of hydrogen-bond donors (Lipinski definition) is 2. The number of nitrogens with two attached hydrogens (primary N) is 1. The van der Waals surface area contributed by atoms with Crippen molar-refractivity contribution in [3.8, 4) is 0 Å². The summed E-state index contributed by atoms with van der Waals surface area (Å²) in [6, 6.07) is 12.1. The molecule has 0 bridgehead atoms. The summed E-state index contributed by atoms with van der Waals surface area (Å²) in [6.45, 7) is 1.58. The zero-order valence-corrected chi connectivity index (χ0v) is 15.3. The number of nitrogens with one attached hydrogen (secondary N) is 1. The van der Waals surface area contributed by atoms with Crippen LogP contribution in [0, 0.1) is 0 Å². The predicted octanol–water partition coefficient (Wildman–Crippen LogP) is 1.33. The van der Waals surface area contributed by atoms with Crippen LogP contribution in [0.15, 0.2) is 47.4 Å². The summed E-state index contributed by atoms with van der Waals surface area (Å²) in [6.07, 6.45) is 1.42. The van der Waals surface area contributed by atoms with Crippen molar-refractivity contribution in [1.29, 1.82) is 0 Å². The topological polar surface area (TPSA) is 110 Å². The average molecular weight is 375 g/mol. The lowest BCUT2D eigenvalue weighted by Crippen LogP contribution is -2.70. The Labute approximate surface area is 152 Å². The van der Waals surface area contributed by atoms with E-state index in [1.807, 2.05) is 18.2 Å². The van der Waals surface area contributed by atoms with Gasteiger partial charge in [-0.1, -0.05) is 30.3 Å². The first-order valence-corrected chi connectivity index (χ1v) is 9.85. The van der Waals surface area contributed by atoms with Crippen LogP contribution in [-0.4, -0.2) is 37.3 Å². The van der Waals surface area contributed by atoms with Crippen LogP contribution in [-0.2, 0) is 19.6 Å². The minimum atomic E-state index is -4.07. The van der Waals surface area contributed by atoms with Gasteiger partial charge in [0, 0.05) is 13.5 Å². The Balaban J connectivity index is 2.04. The van der Waals surface area contributed by atoms with Crippen LogP contribution in [0.4, 0.5) is 0 Å². The lowest BCUT2D eigenvalue weighted by Gasteiger charge is -2.44. The van der Waals surface area contributed by atoms with Crippen molar-refractivity contribution in [3.63, 3.8) is 0 Å². The fourth-order valence-electron chi connectivity index (χ4n) is 3.43. The Kier molecular flexibility index (Phi) is 4.72. The van der Waals surface area contributed by atoms with E-state index in [-0.39, 0.29) is 17.9 Å². The second-order valence-electron chi connectivity index (χ2n) is 6.47. The monoisotopic (exact) mass is 375 g/mol. The van der Waals surface area contributed by atoms with E-state index in [2.05, 4.69) is 4.72 Å². The summed E-state index contributed by atoms with van der Waals surface area (Å²) in [7, 11) is -4.07. The number of primary amides is 1. The number of nitrogens with zero attached hydrogens (tertiary/aromatic N) is 1. The van der Waals surface area contributed by atoms with Crippen LogP contribution in [0.25, 0.3) is 10.8 Å². The summed E-state index contributed by atoms with van der Waals surface area (Å²) in [4.78, 5) is 25.5. The highest BCUT2D eigenvalue weighted by molar-refractivity contribution is 7.89. The van der Waals surface area contributed by atoms with Crippen molar-refractivity contribution >= 4 is 32.6 Å². The molecule has 3 rings (SSSR count). The summed E-state index contributed by atoms with van der Waals surface area (Å²) in [5.74, 6) is -1.28. The van der Waals surface area contributed by atoms with Gasteiger partial charge in [0.2, 0.25) is 15.9 Å². The molecule has 1 saturated heterocycles. The van der Waals surface area contributed by atoms with Gasteiger partial charge in [0.25, 0.3) is 5.91 Å². The molecular formula is C18H21N3O4S. The molecule has 3 N–H and O–H groups in total. The number of benzene rings is 2. The van der Waals surface area contributed by atoms with E-state index in [4.69, 9.17) is 5.73 Å². The van der Waals surface area contributed by atoms with Crippen LogP contribution in [0.1, 0.15) is 26.2 Å². The average Bonchev–Trinajstić information content (AvgIpc) is 2.61. The van der Waals surface area contributed by atoms with Crippen LogP contribution >= 0.6 is 0 Å². The maximum absolute atomic E-state index is 13.0. The number of carbonyl (C=O) groups excluding carboxylic acids is 2. The number of piperidine rings is 1. The van der Waals surface area contributed by atoms with Crippen LogP contribution < -0.4 is 10.5 Å². The molecule has 2 aromatic carbocycles. The quantitative estimate of drug-likeness (QED) is 0.840. The zero-order chi connectivity index (χ0) is 18.9. The Morgan fingerprint density at radius 3 is 2.46 bits per heavy atom. The smallest absolute Gasteiger partial charge is 0.259 e. The number of rotatable bonds is 4. The molecule has 0 radical (unpaired) electrons. The van der Waals surface area contributed by atoms with Gasteiger partial charge in [0.05, 0.1) is 4.90 Å². The fraction of sp³-hybridized carbons (Fsp3) is 0.333. The van der Waals surface area contributed by atoms with Crippen molar-refractivity contribution in [2.24, 2.45) is 5.73 Å². The van der Waals surface area contributed by atoms with Gasteiger partial charge in [0.15, 0.2) is 5.66 Å². The highest BCUT2D eigenvalue weighted by atomic mass is 32.2. The Morgan fingerprint density at radius 2 is 1.81 bits per heavy atom. The van der Waals surface area contributed by atoms with E-state index in [1.54, 1.807) is 12.1 Å². The molecule has 0 aliphatic carbocycles. The minimum Gasteiger partial charge on any atom is -0.366 e. The Bertz CT molecular complexity index is 973. The second kappa shape index (κ2) is 6.69. The first-order chi connectivity index (χ1) is 12.3. The molecule has 0 spiro atoms. The third-order valence-corrected chi connectivity index (χ3v) is 6.23. The van der Waals surface area contributed by atoms with Gasteiger partial charge in [-0.15, -0.1) is 0 Å². The van der Waals surface area contributed by atoms with E-state index in [0.29, 0.717) is 12.8 Å². The highest BCUT2D eigenvalue weighted by Crippen LogP contribution is 2.29. The van der Waals surface area contributed by atoms with Crippen LogP contribution in [0.3, 0.4) is 0 Å². The maximum Gasteiger partial charge on any atom is 0.259 e. The van der Waals surface area contributed by atoms with Crippen molar-refractivity contribution < 1.29 is 18.0 Å². The summed E-state index contributed by atoms with van der Waals surface area (Å²) < 4.78 is 28.4. The highest BCUT2D eigenvalue weighted by Gasteiger charge is 2.48. The van der Waals surface area contributed by atoms with E-state index in [0.717, 1.165) is 10.8 Å². The normalized spacial score (nSPS) is 20.9. The fourth-order valence-corrected chi connectivity index (χ4v) is 4.84. The van der Waals surface area contributed by atoms with Gasteiger partial charge in [-0.3, -0.25) is 9.59 Å². The van der Waals surface area contributed by atoms with E-state index >= 15 is 0 Å². The van der Waals surface area contributed by atoms with Gasteiger partial charge >= 0.3 is 0 Å². The molecular weight excluding hydrogens is 354 g/mol. The molecule has 1 unspecified atom stereocenters. The first kappa shape index (κ1) is 18.3. The third kappa shape index (κ3) is 3.17. The number of amides is 2. The number of hydrogen-bond acceptors (Lipinski definition) is 4. The largest absolute Gasteiger partial charge is 0.366 e. The summed E-state index contributed by atoms with van der Waals surface area (Å²) in [5.41, 5.74) is 3.80. The van der Waals surface area contributed by atoms with Crippen molar-refractivity contribution in [2.45, 2.75) is 36.7 Å². The molecule has 2 aromatic rings. The molecule has 2 amide bonds. The molecule has 1 aliphatic heterocycles. The molecule has 0 aromatic heterocycles. The third-order valence-electron chi connectivity index (χ3n) is 4.75. The standard InChI is InChI=1S/C18H21N3O4S/c1-13(22)21-11-5-4-10-18(21,17(19)23)20-26(24,25)16-9-8-14-6-2-3-7-15(14)12-16/h2-3,6-9,12,20H,4-5,10-11H2,1H3,(H2,19,23). The van der Waals surface area contributed by atoms with E-state index in [9.17, 15) is 18.0 Å². The number of carbonyl (C=O) groups is 2. The summed E-state index contributed by atoms with van der Waals surface area (Å²) in [5, 5.41) is 1.66. The first-order valence-electron chi connectivity index (χ1n) is 8.37. The summed E-state index contributed by atoms with van der Waals surface area (Å²) >= 11 is 0. The van der Waals surface area contributed by atoms with E-state index in [1.165, 1.54) is 24.0 Å². The lowest BCUT2D eigenvalue weighted by molar-refractivity contribution is -0.148. The molecule has 8 heteroatoms. The van der Waals surface area contributed by atoms with Crippen molar-refractivity contribution in [3.05, 3.63) is 42.5 Å². The molecule has 26 heavy (non-hydrogen) atoms. The molecule has 1 atom stereocenters. The number of likely N-dealkylation sites (tertiary alicyclic amines) is 1. The molecule has 0 saturated carbocycles. The predicted molar refractivity (Wildman–Crippen MR) is 97.4 cm³/mol. The van der Waals surface area contributed by atoms with Gasteiger partial charge in [0.1, 0.15) is 0 Å². The SMILES string of the molecule is CC(=O)N1CCCCC1(NS(=O)(=O)c1ccc2ccccc2c1)C(N)=O. The zero-order valence-electron chi connectivity index (χ0n) is 14.4. The van der Waals surface area contributed by atoms with Crippen molar-refractivity contribution in [2.75, 3.05) is 6.54 Å². The Hall–Kier alpha value is -2.45. The van der Waals surface area contributed by atoms with Crippen molar-refractivity contribution in [1.82, 2.24) is 9.62 Å². The van der Waals surface area contributed by atoms with Gasteiger partial charge < -0.3 is 10.6 Å². The van der Waals surface area contributed by atoms with Gasteiger partial charge in [-0.05, 0) is 42.2 Å². The van der Waals surface area contributed by atoms with Crippen LogP contribution in [0.5, 0.6) is 0 Å². The number of sulfonamides is 1. The molecule has 1 heterocycles. The second-order valence-corrected chi connectivity index (χ2v) is 8.15. The molecule has 1 fully saturated rings. The number of fused-ring (bicyclic) bond motifs is 1. The van der Waals surface area contributed by atoms with Gasteiger partial charge in [-0.25, -0.2) is 8.42 Å². The maximum atomic E-state index is 13.0.